The highest BCUT2D eigenvalue weighted by Crippen LogP contribution is 2.20. The fourth-order valence-electron chi connectivity index (χ4n) is 4.02. The molecule has 0 heterocycles. The fourth-order valence-corrected chi connectivity index (χ4v) is 4.02. The summed E-state index contributed by atoms with van der Waals surface area (Å²) >= 11 is 0. The second kappa shape index (κ2) is 12.6. The van der Waals surface area contributed by atoms with Gasteiger partial charge < -0.3 is 15.0 Å². The number of nitrogens with zero attached hydrogens (tertiary/aromatic N) is 1. The molecule has 0 aromatic heterocycles. The zero-order valence-electron chi connectivity index (χ0n) is 20.3. The molecule has 5 heteroatoms. The summed E-state index contributed by atoms with van der Waals surface area (Å²) in [5.74, 6) is 0.500. The summed E-state index contributed by atoms with van der Waals surface area (Å²) < 4.78 is 5.36. The molecule has 5 nitrogen and oxygen atoms in total. The van der Waals surface area contributed by atoms with E-state index in [1.807, 2.05) is 54.6 Å². The maximum atomic E-state index is 13.6. The minimum Gasteiger partial charge on any atom is -0.497 e. The first-order chi connectivity index (χ1) is 16.5. The number of methoxy groups -OCH3 is 1. The second-order valence-corrected chi connectivity index (χ2v) is 8.36. The van der Waals surface area contributed by atoms with E-state index in [9.17, 15) is 9.59 Å². The van der Waals surface area contributed by atoms with Gasteiger partial charge in [-0.15, -0.1) is 0 Å². The number of carbonyl (C=O) groups excluding carboxylic acids is 2. The third-order valence-electron chi connectivity index (χ3n) is 6.06. The summed E-state index contributed by atoms with van der Waals surface area (Å²) in [5.41, 5.74) is 4.32. The smallest absolute Gasteiger partial charge is 0.242 e. The van der Waals surface area contributed by atoms with Crippen molar-refractivity contribution in [2.75, 3.05) is 14.2 Å². The number of aryl methyl sites for hydroxylation is 2. The lowest BCUT2D eigenvalue weighted by atomic mass is 10.0. The van der Waals surface area contributed by atoms with E-state index in [1.54, 1.807) is 19.1 Å². The molecule has 0 radical (unpaired) electrons. The Labute approximate surface area is 202 Å². The molecule has 2 amide bonds. The Hall–Kier alpha value is -3.60. The van der Waals surface area contributed by atoms with Gasteiger partial charge in [0.05, 0.1) is 7.11 Å². The van der Waals surface area contributed by atoms with Gasteiger partial charge in [-0.3, -0.25) is 9.59 Å². The summed E-state index contributed by atoms with van der Waals surface area (Å²) in [4.78, 5) is 28.3. The highest BCUT2D eigenvalue weighted by Gasteiger charge is 2.29. The van der Waals surface area contributed by atoms with Gasteiger partial charge in [-0.05, 0) is 47.2 Å². The van der Waals surface area contributed by atoms with E-state index in [4.69, 9.17) is 4.74 Å². The highest BCUT2D eigenvalue weighted by atomic mass is 16.5. The molecule has 1 atom stereocenters. The van der Waals surface area contributed by atoms with Crippen LogP contribution in [-0.2, 0) is 35.4 Å². The van der Waals surface area contributed by atoms with Crippen LogP contribution in [-0.4, -0.2) is 36.9 Å². The predicted octanol–water partition coefficient (Wildman–Crippen LogP) is 4.58. The summed E-state index contributed by atoms with van der Waals surface area (Å²) in [6.07, 6.45) is 2.39. The van der Waals surface area contributed by atoms with Crippen molar-refractivity contribution in [2.45, 2.75) is 45.2 Å². The van der Waals surface area contributed by atoms with Crippen LogP contribution in [0.15, 0.2) is 78.9 Å². The molecule has 0 aliphatic rings. The van der Waals surface area contributed by atoms with Gasteiger partial charge in [0.2, 0.25) is 11.8 Å². The van der Waals surface area contributed by atoms with E-state index in [0.29, 0.717) is 25.8 Å². The minimum atomic E-state index is -0.617. The van der Waals surface area contributed by atoms with Crippen LogP contribution in [0.4, 0.5) is 0 Å². The third-order valence-corrected chi connectivity index (χ3v) is 6.06. The zero-order chi connectivity index (χ0) is 24.3. The van der Waals surface area contributed by atoms with Crippen molar-refractivity contribution in [3.63, 3.8) is 0 Å². The summed E-state index contributed by atoms with van der Waals surface area (Å²) in [6, 6.07) is 25.2. The zero-order valence-corrected chi connectivity index (χ0v) is 20.3. The molecular formula is C29H34N2O3. The largest absolute Gasteiger partial charge is 0.497 e. The highest BCUT2D eigenvalue weighted by molar-refractivity contribution is 5.88. The van der Waals surface area contributed by atoms with E-state index in [0.717, 1.165) is 28.9 Å². The van der Waals surface area contributed by atoms with Crippen LogP contribution in [0.1, 0.15) is 35.6 Å². The first-order valence-corrected chi connectivity index (χ1v) is 11.8. The molecule has 3 rings (SSSR count). The van der Waals surface area contributed by atoms with E-state index in [-0.39, 0.29) is 11.8 Å². The average Bonchev–Trinajstić information content (AvgIpc) is 2.89. The van der Waals surface area contributed by atoms with Gasteiger partial charge >= 0.3 is 0 Å². The van der Waals surface area contributed by atoms with Gasteiger partial charge in [0, 0.05) is 26.4 Å². The number of nitrogens with one attached hydrogen (secondary N) is 1. The van der Waals surface area contributed by atoms with Crippen LogP contribution in [0.2, 0.25) is 0 Å². The first-order valence-electron chi connectivity index (χ1n) is 11.8. The maximum absolute atomic E-state index is 13.6. The molecule has 178 valence electrons. The van der Waals surface area contributed by atoms with E-state index >= 15 is 0 Å². The van der Waals surface area contributed by atoms with E-state index < -0.39 is 6.04 Å². The summed E-state index contributed by atoms with van der Waals surface area (Å²) in [5, 5.41) is 2.76. The topological polar surface area (TPSA) is 58.6 Å². The van der Waals surface area contributed by atoms with Crippen LogP contribution >= 0.6 is 0 Å². The number of hydrogen-bond acceptors (Lipinski definition) is 3. The first kappa shape index (κ1) is 25.0. The molecule has 3 aromatic carbocycles. The number of hydrogen-bond donors (Lipinski definition) is 1. The standard InChI is InChI=1S/C29H34N2O3/c1-4-22-13-15-23(16-14-22)17-18-28(32)31(21-25-11-8-12-26(19-25)34-3)27(29(33)30-2)20-24-9-6-5-7-10-24/h5-16,19,27H,4,17-18,20-21H2,1-3H3,(H,30,33)/t27-/m0/s1. The Morgan fingerprint density at radius 1 is 0.882 bits per heavy atom. The molecule has 0 bridgehead atoms. The van der Waals surface area contributed by atoms with Crippen molar-refractivity contribution in [3.05, 3.63) is 101 Å². The molecule has 0 aliphatic heterocycles. The van der Waals surface area contributed by atoms with Crippen molar-refractivity contribution in [1.29, 1.82) is 0 Å². The Morgan fingerprint density at radius 2 is 1.56 bits per heavy atom. The molecule has 0 saturated heterocycles. The second-order valence-electron chi connectivity index (χ2n) is 8.36. The summed E-state index contributed by atoms with van der Waals surface area (Å²) in [7, 11) is 3.23. The molecule has 0 spiro atoms. The number of benzene rings is 3. The number of rotatable bonds is 11. The quantitative estimate of drug-likeness (QED) is 0.458. The Balaban J connectivity index is 1.86. The van der Waals surface area contributed by atoms with Crippen LogP contribution in [0.25, 0.3) is 0 Å². The molecule has 0 saturated carbocycles. The van der Waals surface area contributed by atoms with Crippen LogP contribution in [0, 0.1) is 0 Å². The number of ether oxygens (including phenoxy) is 1. The lowest BCUT2D eigenvalue weighted by Crippen LogP contribution is -2.49. The normalized spacial score (nSPS) is 11.5. The molecule has 34 heavy (non-hydrogen) atoms. The molecule has 0 unspecified atom stereocenters. The SMILES string of the molecule is CCc1ccc(CCC(=O)N(Cc2cccc(OC)c2)[C@@H](Cc2ccccc2)C(=O)NC)cc1. The molecule has 0 fully saturated rings. The van der Waals surface area contributed by atoms with Crippen LogP contribution in [0.3, 0.4) is 0 Å². The summed E-state index contributed by atoms with van der Waals surface area (Å²) in [6.45, 7) is 2.45. The minimum absolute atomic E-state index is 0.0491. The predicted molar refractivity (Wildman–Crippen MR) is 136 cm³/mol. The van der Waals surface area contributed by atoms with Gasteiger partial charge in [-0.2, -0.15) is 0 Å². The Bertz CT molecular complexity index is 1060. The van der Waals surface area contributed by atoms with Crippen molar-refractivity contribution in [2.24, 2.45) is 0 Å². The number of carbonyl (C=O) groups is 2. The number of likely N-dealkylation sites (N-methyl/N-ethyl adjacent to an activating group) is 1. The van der Waals surface area contributed by atoms with Crippen molar-refractivity contribution >= 4 is 11.8 Å². The van der Waals surface area contributed by atoms with Crippen molar-refractivity contribution in [3.8, 4) is 5.75 Å². The van der Waals surface area contributed by atoms with Gasteiger partial charge in [-0.1, -0.05) is 73.7 Å². The van der Waals surface area contributed by atoms with Gasteiger partial charge in [-0.25, -0.2) is 0 Å². The monoisotopic (exact) mass is 458 g/mol. The number of amides is 2. The van der Waals surface area contributed by atoms with Gasteiger partial charge in [0.25, 0.3) is 0 Å². The average molecular weight is 459 g/mol. The molecule has 1 N–H and O–H groups in total. The molecule has 3 aromatic rings. The lowest BCUT2D eigenvalue weighted by Gasteiger charge is -2.31. The Kier molecular flexibility index (Phi) is 9.27. The van der Waals surface area contributed by atoms with Crippen LogP contribution < -0.4 is 10.1 Å². The fraction of sp³-hybridized carbons (Fsp3) is 0.310. The Morgan fingerprint density at radius 3 is 2.21 bits per heavy atom. The lowest BCUT2D eigenvalue weighted by molar-refractivity contribution is -0.141. The molecule has 0 aliphatic carbocycles. The van der Waals surface area contributed by atoms with Crippen molar-refractivity contribution < 1.29 is 14.3 Å². The molecular weight excluding hydrogens is 424 g/mol. The third kappa shape index (κ3) is 6.95. The van der Waals surface area contributed by atoms with E-state index in [1.165, 1.54) is 5.56 Å². The van der Waals surface area contributed by atoms with Crippen molar-refractivity contribution in [1.82, 2.24) is 10.2 Å². The van der Waals surface area contributed by atoms with Crippen LogP contribution in [0.5, 0.6) is 5.75 Å². The van der Waals surface area contributed by atoms with Gasteiger partial charge in [0.15, 0.2) is 0 Å². The van der Waals surface area contributed by atoms with E-state index in [2.05, 4.69) is 36.5 Å². The maximum Gasteiger partial charge on any atom is 0.242 e. The van der Waals surface area contributed by atoms with Gasteiger partial charge in [0.1, 0.15) is 11.8 Å².